The average Bonchev–Trinajstić information content (AvgIpc) is 3.86. The normalized spacial score (nSPS) is 20.0. The summed E-state index contributed by atoms with van der Waals surface area (Å²) in [7, 11) is 0. The van der Waals surface area contributed by atoms with Gasteiger partial charge in [-0.2, -0.15) is 0 Å². The highest BCUT2D eigenvalue weighted by Gasteiger charge is 2.53. The molecule has 13 nitrogen and oxygen atoms in total. The molecule has 4 atom stereocenters. The molecule has 4 N–H and O–H groups in total. The lowest BCUT2D eigenvalue weighted by molar-refractivity contribution is -0.144. The van der Waals surface area contributed by atoms with Crippen LogP contribution in [0.25, 0.3) is 0 Å². The number of Topliss-reactive ketones (excluding diaryl/α,β-unsaturated/α-hetero) is 2. The Balaban J connectivity index is 1.44. The Hall–Kier alpha value is -3.59. The van der Waals surface area contributed by atoms with E-state index in [4.69, 9.17) is 4.74 Å². The first kappa shape index (κ1) is 40.2. The summed E-state index contributed by atoms with van der Waals surface area (Å²) in [4.78, 5) is 93.8. The van der Waals surface area contributed by atoms with Crippen molar-refractivity contribution in [2.45, 2.75) is 101 Å². The molecule has 280 valence electrons. The molecule has 1 unspecified atom stereocenters. The molecule has 1 aromatic rings. The maximum Gasteiger partial charge on any atom is 0.407 e. The van der Waals surface area contributed by atoms with E-state index < -0.39 is 75.7 Å². The van der Waals surface area contributed by atoms with Gasteiger partial charge in [0.25, 0.3) is 5.91 Å². The molecule has 1 aliphatic carbocycles. The van der Waals surface area contributed by atoms with E-state index in [9.17, 15) is 33.6 Å². The van der Waals surface area contributed by atoms with Crippen molar-refractivity contribution in [3.05, 3.63) is 35.9 Å². The summed E-state index contributed by atoms with van der Waals surface area (Å²) in [5.74, 6) is -1.83. The minimum absolute atomic E-state index is 0.152. The zero-order chi connectivity index (χ0) is 37.3. The quantitative estimate of drug-likeness (QED) is 0.195. The topological polar surface area (TPSA) is 180 Å². The number of nitrogens with zero attached hydrogens (tertiary/aromatic N) is 1. The minimum atomic E-state index is -1.20. The van der Waals surface area contributed by atoms with Crippen LogP contribution in [0, 0.1) is 11.3 Å². The number of alkyl carbamates (subject to hydrolysis) is 1. The molecule has 3 fully saturated rings. The second-order valence-corrected chi connectivity index (χ2v) is 17.8. The number of ketones is 2. The molecular weight excluding hydrogens is 695 g/mol. The summed E-state index contributed by atoms with van der Waals surface area (Å²) < 4.78 is 4.94. The second-order valence-electron chi connectivity index (χ2n) is 14.6. The highest BCUT2D eigenvalue weighted by molar-refractivity contribution is 8.18. The summed E-state index contributed by atoms with van der Waals surface area (Å²) in [5.41, 5.74) is -0.133. The number of amides is 5. The first-order valence-corrected chi connectivity index (χ1v) is 19.6. The molecule has 0 aromatic heterocycles. The van der Waals surface area contributed by atoms with Gasteiger partial charge < -0.3 is 30.9 Å². The number of hydrogen-bond donors (Lipinski definition) is 4. The van der Waals surface area contributed by atoms with Gasteiger partial charge in [0.15, 0.2) is 5.78 Å². The molecule has 1 aromatic carbocycles. The number of hydrogen-bond acceptors (Lipinski definition) is 10. The smallest absolute Gasteiger partial charge is 0.407 e. The second kappa shape index (κ2) is 17.8. The molecule has 2 aliphatic heterocycles. The molecule has 1 spiro atoms. The third-order valence-corrected chi connectivity index (χ3v) is 12.4. The van der Waals surface area contributed by atoms with Gasteiger partial charge in [0.1, 0.15) is 18.1 Å². The summed E-state index contributed by atoms with van der Waals surface area (Å²) in [6.07, 6.45) is 3.28. The number of thioether (sulfide) groups is 2. The molecular formula is C36H51N5O8S2. The number of rotatable bonds is 15. The van der Waals surface area contributed by atoms with Crippen molar-refractivity contribution in [2.24, 2.45) is 11.3 Å². The van der Waals surface area contributed by atoms with Crippen LogP contribution < -0.4 is 21.3 Å². The first-order chi connectivity index (χ1) is 24.1. The Bertz CT molecular complexity index is 1460. The Morgan fingerprint density at radius 2 is 1.65 bits per heavy atom. The van der Waals surface area contributed by atoms with Crippen LogP contribution in [0.4, 0.5) is 4.79 Å². The van der Waals surface area contributed by atoms with Crippen molar-refractivity contribution in [3.63, 3.8) is 0 Å². The van der Waals surface area contributed by atoms with Crippen LogP contribution in [0.2, 0.25) is 0 Å². The van der Waals surface area contributed by atoms with E-state index in [0.29, 0.717) is 30.9 Å². The van der Waals surface area contributed by atoms with Crippen LogP contribution in [-0.4, -0.2) is 99.6 Å². The van der Waals surface area contributed by atoms with Gasteiger partial charge in [0, 0.05) is 13.0 Å². The molecule has 3 aliphatic rings. The van der Waals surface area contributed by atoms with E-state index in [2.05, 4.69) is 21.3 Å². The van der Waals surface area contributed by atoms with E-state index >= 15 is 0 Å². The molecule has 0 bridgehead atoms. The highest BCUT2D eigenvalue weighted by atomic mass is 32.2. The Morgan fingerprint density at radius 3 is 2.24 bits per heavy atom. The predicted octanol–water partition coefficient (Wildman–Crippen LogP) is 3.12. The monoisotopic (exact) mass is 745 g/mol. The summed E-state index contributed by atoms with van der Waals surface area (Å²) in [6, 6.07) is 4.60. The number of carbonyl (C=O) groups is 7. The van der Waals surface area contributed by atoms with Gasteiger partial charge in [-0.1, -0.05) is 64.4 Å². The van der Waals surface area contributed by atoms with Crippen LogP contribution in [0.15, 0.2) is 30.3 Å². The SMILES string of the molecule is CCCC(NC(=O)[C@@H]1CC2(CN1C(=O)[C@@H](NC(=O)OCC1CC1)C(C)(C)C)SCCCS2)C(=O)C(=O)NCC(=O)N[C@H](C(C)=O)c1ccccc1. The maximum absolute atomic E-state index is 14.3. The fraction of sp³-hybridized carbons (Fsp3) is 0.639. The van der Waals surface area contributed by atoms with Crippen LogP contribution in [0.1, 0.15) is 84.7 Å². The van der Waals surface area contributed by atoms with Crippen molar-refractivity contribution in [3.8, 4) is 0 Å². The lowest BCUT2D eigenvalue weighted by Gasteiger charge is -2.36. The van der Waals surface area contributed by atoms with E-state index in [1.807, 2.05) is 20.8 Å². The van der Waals surface area contributed by atoms with Gasteiger partial charge in [0.05, 0.1) is 23.3 Å². The van der Waals surface area contributed by atoms with Crippen molar-refractivity contribution in [1.82, 2.24) is 26.2 Å². The van der Waals surface area contributed by atoms with Gasteiger partial charge in [-0.25, -0.2) is 4.79 Å². The average molecular weight is 746 g/mol. The predicted molar refractivity (Wildman–Crippen MR) is 196 cm³/mol. The molecule has 1 saturated carbocycles. The lowest BCUT2D eigenvalue weighted by Crippen LogP contribution is -2.59. The number of ether oxygens (including phenoxy) is 1. The zero-order valence-electron chi connectivity index (χ0n) is 30.1. The Kier molecular flexibility index (Phi) is 14.0. The molecule has 5 amide bonds. The standard InChI is InChI=1S/C36H51N5O8S2/c1-6-11-25(29(44)32(46)37-19-27(43)39-28(22(2)42)24-12-8-7-9-13-24)38-31(45)26-18-36(50-16-10-17-51-36)21-41(26)33(47)30(35(3,4)5)40-34(48)49-20-23-14-15-23/h7-9,12-13,23,25-26,28,30H,6,10-11,14-21H2,1-5H3,(H,37,46)(H,38,45)(H,39,43)(H,40,48)/t25?,26-,28+,30+/m0/s1. The molecule has 4 rings (SSSR count). The summed E-state index contributed by atoms with van der Waals surface area (Å²) in [6.45, 7) is 8.65. The number of carbonyl (C=O) groups excluding carboxylic acids is 7. The third-order valence-electron chi connectivity index (χ3n) is 9.11. The maximum atomic E-state index is 14.3. The van der Waals surface area contributed by atoms with Crippen LogP contribution in [0.5, 0.6) is 0 Å². The number of benzene rings is 1. The Labute approximate surface area is 308 Å². The molecule has 51 heavy (non-hydrogen) atoms. The number of likely N-dealkylation sites (tertiary alicyclic amines) is 1. The highest BCUT2D eigenvalue weighted by Crippen LogP contribution is 2.50. The fourth-order valence-corrected chi connectivity index (χ4v) is 9.44. The van der Waals surface area contributed by atoms with Crippen LogP contribution >= 0.6 is 23.5 Å². The van der Waals surface area contributed by atoms with E-state index in [1.54, 1.807) is 60.8 Å². The minimum Gasteiger partial charge on any atom is -0.449 e. The van der Waals surface area contributed by atoms with E-state index in [1.165, 1.54) is 11.8 Å². The molecule has 2 saturated heterocycles. The van der Waals surface area contributed by atoms with Gasteiger partial charge in [0.2, 0.25) is 23.5 Å². The third kappa shape index (κ3) is 11.2. The van der Waals surface area contributed by atoms with Crippen LogP contribution in [-0.2, 0) is 33.5 Å². The van der Waals surface area contributed by atoms with E-state index in [0.717, 1.165) is 30.8 Å². The van der Waals surface area contributed by atoms with E-state index in [-0.39, 0.29) is 18.7 Å². The lowest BCUT2D eigenvalue weighted by atomic mass is 9.85. The first-order valence-electron chi connectivity index (χ1n) is 17.6. The van der Waals surface area contributed by atoms with Crippen molar-refractivity contribution < 1.29 is 38.3 Å². The van der Waals surface area contributed by atoms with Gasteiger partial charge in [-0.05, 0) is 61.0 Å². The summed E-state index contributed by atoms with van der Waals surface area (Å²) in [5, 5.41) is 10.4. The van der Waals surface area contributed by atoms with Gasteiger partial charge in [-0.3, -0.25) is 28.8 Å². The largest absolute Gasteiger partial charge is 0.449 e. The van der Waals surface area contributed by atoms with Gasteiger partial charge in [-0.15, -0.1) is 23.5 Å². The molecule has 0 radical (unpaired) electrons. The van der Waals surface area contributed by atoms with Crippen molar-refractivity contribution in [2.75, 3.05) is 31.2 Å². The molecule has 2 heterocycles. The van der Waals surface area contributed by atoms with Gasteiger partial charge >= 0.3 is 6.09 Å². The van der Waals surface area contributed by atoms with Crippen LogP contribution in [0.3, 0.4) is 0 Å². The van der Waals surface area contributed by atoms with Crippen molar-refractivity contribution >= 4 is 64.8 Å². The summed E-state index contributed by atoms with van der Waals surface area (Å²) >= 11 is 3.42. The fourth-order valence-electron chi connectivity index (χ4n) is 6.09. The Morgan fingerprint density at radius 1 is 0.980 bits per heavy atom. The number of nitrogens with one attached hydrogen (secondary N) is 4. The van der Waals surface area contributed by atoms with Crippen molar-refractivity contribution in [1.29, 1.82) is 0 Å². The zero-order valence-corrected chi connectivity index (χ0v) is 31.7. The molecule has 15 heteroatoms.